The van der Waals surface area contributed by atoms with Crippen molar-refractivity contribution in [2.75, 3.05) is 12.4 Å². The summed E-state index contributed by atoms with van der Waals surface area (Å²) in [6.45, 7) is 2.22. The Bertz CT molecular complexity index is 477. The lowest BCUT2D eigenvalue weighted by Gasteiger charge is -2.07. The number of aromatic nitrogens is 1. The Morgan fingerprint density at radius 3 is 2.88 bits per heavy atom. The molecule has 1 aromatic carbocycles. The van der Waals surface area contributed by atoms with Crippen LogP contribution in [0.25, 0.3) is 10.9 Å². The van der Waals surface area contributed by atoms with Crippen LogP contribution in [-0.4, -0.2) is 12.0 Å². The van der Waals surface area contributed by atoms with Crippen LogP contribution in [-0.2, 0) is 6.42 Å². The van der Waals surface area contributed by atoms with Gasteiger partial charge in [0.25, 0.3) is 0 Å². The number of rotatable bonds is 4. The predicted octanol–water partition coefficient (Wildman–Crippen LogP) is 3.62. The summed E-state index contributed by atoms with van der Waals surface area (Å²) in [4.78, 5) is 4.37. The summed E-state index contributed by atoms with van der Waals surface area (Å²) in [7, 11) is 1.95. The minimum absolute atomic E-state index is 1.06. The highest BCUT2D eigenvalue weighted by atomic mass is 14.8. The Morgan fingerprint density at radius 1 is 1.25 bits per heavy atom. The Labute approximate surface area is 96.7 Å². The molecule has 0 amide bonds. The zero-order valence-electron chi connectivity index (χ0n) is 9.96. The minimum Gasteiger partial charge on any atom is -0.388 e. The van der Waals surface area contributed by atoms with E-state index in [1.54, 1.807) is 0 Å². The van der Waals surface area contributed by atoms with Gasteiger partial charge in [0.1, 0.15) is 0 Å². The van der Waals surface area contributed by atoms with E-state index in [0.717, 1.165) is 17.6 Å². The first-order chi connectivity index (χ1) is 7.85. The van der Waals surface area contributed by atoms with Gasteiger partial charge in [0.15, 0.2) is 0 Å². The molecule has 2 heteroatoms. The summed E-state index contributed by atoms with van der Waals surface area (Å²) in [5.74, 6) is 0. The van der Waals surface area contributed by atoms with Crippen molar-refractivity contribution in [3.8, 4) is 0 Å². The maximum absolute atomic E-state index is 4.37. The number of hydrogen-bond acceptors (Lipinski definition) is 2. The van der Waals surface area contributed by atoms with Crippen LogP contribution >= 0.6 is 0 Å². The zero-order valence-corrected chi connectivity index (χ0v) is 9.96. The molecular weight excluding hydrogens is 196 g/mol. The molecule has 0 aliphatic heterocycles. The van der Waals surface area contributed by atoms with E-state index in [2.05, 4.69) is 35.4 Å². The molecule has 2 aromatic rings. The van der Waals surface area contributed by atoms with Crippen LogP contribution in [0.2, 0.25) is 0 Å². The number of unbranched alkanes of at least 4 members (excludes halogenated alkanes) is 1. The Balaban J connectivity index is 2.42. The topological polar surface area (TPSA) is 24.9 Å². The summed E-state index contributed by atoms with van der Waals surface area (Å²) < 4.78 is 0. The lowest BCUT2D eigenvalue weighted by molar-refractivity contribution is 0.796. The van der Waals surface area contributed by atoms with E-state index >= 15 is 0 Å². The van der Waals surface area contributed by atoms with Gasteiger partial charge in [-0.1, -0.05) is 19.4 Å². The third kappa shape index (κ3) is 2.16. The van der Waals surface area contributed by atoms with Crippen molar-refractivity contribution in [3.05, 3.63) is 36.0 Å². The van der Waals surface area contributed by atoms with Crippen molar-refractivity contribution in [1.82, 2.24) is 4.98 Å². The molecule has 2 rings (SSSR count). The molecule has 0 aliphatic carbocycles. The molecule has 0 atom stereocenters. The number of benzene rings is 1. The van der Waals surface area contributed by atoms with Gasteiger partial charge in [-0.15, -0.1) is 0 Å². The highest BCUT2D eigenvalue weighted by molar-refractivity contribution is 5.91. The lowest BCUT2D eigenvalue weighted by Crippen LogP contribution is -1.92. The van der Waals surface area contributed by atoms with E-state index in [-0.39, 0.29) is 0 Å². The van der Waals surface area contributed by atoms with Crippen LogP contribution < -0.4 is 5.32 Å². The Kier molecular flexibility index (Phi) is 3.40. The first-order valence-corrected chi connectivity index (χ1v) is 5.90. The third-order valence-electron chi connectivity index (χ3n) is 2.89. The van der Waals surface area contributed by atoms with Gasteiger partial charge in [-0.05, 0) is 36.6 Å². The number of pyridine rings is 1. The van der Waals surface area contributed by atoms with Gasteiger partial charge < -0.3 is 5.32 Å². The second-order valence-corrected chi connectivity index (χ2v) is 4.06. The van der Waals surface area contributed by atoms with Gasteiger partial charge in [0, 0.05) is 24.3 Å². The molecule has 1 aromatic heterocycles. The number of nitrogens with one attached hydrogen (secondary N) is 1. The fourth-order valence-corrected chi connectivity index (χ4v) is 1.95. The first kappa shape index (κ1) is 10.9. The Hall–Kier alpha value is -1.57. The largest absolute Gasteiger partial charge is 0.388 e. The maximum Gasteiger partial charge on any atom is 0.0722 e. The van der Waals surface area contributed by atoms with E-state index in [9.17, 15) is 0 Å². The second kappa shape index (κ2) is 4.97. The fraction of sp³-hybridized carbons (Fsp3) is 0.357. The van der Waals surface area contributed by atoms with Gasteiger partial charge in [-0.3, -0.25) is 4.98 Å². The molecule has 0 unspecified atom stereocenters. The van der Waals surface area contributed by atoms with Crippen molar-refractivity contribution in [2.45, 2.75) is 26.2 Å². The van der Waals surface area contributed by atoms with E-state index in [1.165, 1.54) is 23.8 Å². The van der Waals surface area contributed by atoms with Gasteiger partial charge in [-0.2, -0.15) is 0 Å². The van der Waals surface area contributed by atoms with Crippen LogP contribution in [0, 0.1) is 0 Å². The van der Waals surface area contributed by atoms with Crippen LogP contribution in [0.15, 0.2) is 30.5 Å². The van der Waals surface area contributed by atoms with E-state index in [0.29, 0.717) is 0 Å². The monoisotopic (exact) mass is 214 g/mol. The molecule has 1 N–H and O–H groups in total. The SMILES string of the molecule is CCCCc1ccc2nccc(NC)c2c1. The van der Waals surface area contributed by atoms with Crippen molar-refractivity contribution in [3.63, 3.8) is 0 Å². The molecule has 0 radical (unpaired) electrons. The van der Waals surface area contributed by atoms with Crippen molar-refractivity contribution < 1.29 is 0 Å². The van der Waals surface area contributed by atoms with Crippen molar-refractivity contribution in [1.29, 1.82) is 0 Å². The molecule has 2 nitrogen and oxygen atoms in total. The maximum atomic E-state index is 4.37. The molecule has 0 saturated heterocycles. The molecule has 0 spiro atoms. The number of fused-ring (bicyclic) bond motifs is 1. The highest BCUT2D eigenvalue weighted by Crippen LogP contribution is 2.22. The van der Waals surface area contributed by atoms with Gasteiger partial charge in [-0.25, -0.2) is 0 Å². The van der Waals surface area contributed by atoms with Crippen LogP contribution in [0.5, 0.6) is 0 Å². The first-order valence-electron chi connectivity index (χ1n) is 5.90. The average molecular weight is 214 g/mol. The molecule has 16 heavy (non-hydrogen) atoms. The second-order valence-electron chi connectivity index (χ2n) is 4.06. The average Bonchev–Trinajstić information content (AvgIpc) is 2.35. The lowest BCUT2D eigenvalue weighted by atomic mass is 10.0. The van der Waals surface area contributed by atoms with E-state index in [1.807, 2.05) is 19.3 Å². The molecule has 1 heterocycles. The molecule has 0 bridgehead atoms. The van der Waals surface area contributed by atoms with Gasteiger partial charge in [0.2, 0.25) is 0 Å². The summed E-state index contributed by atoms with van der Waals surface area (Å²) in [5.41, 5.74) is 3.62. The number of anilines is 1. The van der Waals surface area contributed by atoms with Gasteiger partial charge >= 0.3 is 0 Å². The van der Waals surface area contributed by atoms with Crippen molar-refractivity contribution >= 4 is 16.6 Å². The summed E-state index contributed by atoms with van der Waals surface area (Å²) in [5, 5.41) is 4.43. The molecule has 84 valence electrons. The third-order valence-corrected chi connectivity index (χ3v) is 2.89. The van der Waals surface area contributed by atoms with Gasteiger partial charge in [0.05, 0.1) is 5.52 Å². The number of aryl methyl sites for hydroxylation is 1. The smallest absolute Gasteiger partial charge is 0.0722 e. The number of hydrogen-bond donors (Lipinski definition) is 1. The van der Waals surface area contributed by atoms with E-state index < -0.39 is 0 Å². The van der Waals surface area contributed by atoms with Crippen LogP contribution in [0.1, 0.15) is 25.3 Å². The summed E-state index contributed by atoms with van der Waals surface area (Å²) in [6.07, 6.45) is 5.50. The van der Waals surface area contributed by atoms with E-state index in [4.69, 9.17) is 0 Å². The minimum atomic E-state index is 1.06. The highest BCUT2D eigenvalue weighted by Gasteiger charge is 2.01. The zero-order chi connectivity index (χ0) is 11.4. The quantitative estimate of drug-likeness (QED) is 0.840. The molecule has 0 saturated carbocycles. The van der Waals surface area contributed by atoms with Crippen molar-refractivity contribution in [2.24, 2.45) is 0 Å². The number of nitrogens with zero attached hydrogens (tertiary/aromatic N) is 1. The fourth-order valence-electron chi connectivity index (χ4n) is 1.95. The predicted molar refractivity (Wildman–Crippen MR) is 69.9 cm³/mol. The van der Waals surface area contributed by atoms with Crippen LogP contribution in [0.4, 0.5) is 5.69 Å². The summed E-state index contributed by atoms with van der Waals surface area (Å²) in [6, 6.07) is 8.57. The standard InChI is InChI=1S/C14H18N2/c1-3-4-5-11-6-7-14-12(10-11)13(15-2)8-9-16-14/h6-10H,3-5H2,1-2H3,(H,15,16). The normalized spacial score (nSPS) is 10.6. The Morgan fingerprint density at radius 2 is 2.12 bits per heavy atom. The molecular formula is C14H18N2. The molecule has 0 fully saturated rings. The summed E-state index contributed by atoms with van der Waals surface area (Å²) >= 11 is 0. The molecule has 0 aliphatic rings. The van der Waals surface area contributed by atoms with Crippen LogP contribution in [0.3, 0.4) is 0 Å².